The van der Waals surface area contributed by atoms with Gasteiger partial charge in [0.15, 0.2) is 5.96 Å². The molecular weight excluding hydrogens is 363 g/mol. The molecule has 5 heteroatoms. The van der Waals surface area contributed by atoms with Crippen LogP contribution < -0.4 is 16.0 Å². The molecule has 0 atom stereocenters. The molecule has 4 nitrogen and oxygen atoms in total. The molecule has 0 unspecified atom stereocenters. The Morgan fingerprint density at radius 2 is 1.90 bits per heavy atom. The molecule has 0 amide bonds. The van der Waals surface area contributed by atoms with Gasteiger partial charge in [0.25, 0.3) is 0 Å². The van der Waals surface area contributed by atoms with E-state index in [9.17, 15) is 0 Å². The zero-order chi connectivity index (χ0) is 14.1. The number of aliphatic imine (C=N–C) groups is 1. The van der Waals surface area contributed by atoms with E-state index < -0.39 is 0 Å². The van der Waals surface area contributed by atoms with E-state index in [0.29, 0.717) is 5.96 Å². The van der Waals surface area contributed by atoms with Crippen molar-refractivity contribution in [3.8, 4) is 0 Å². The van der Waals surface area contributed by atoms with Gasteiger partial charge >= 0.3 is 0 Å². The Balaban J connectivity index is 0.00000361. The maximum absolute atomic E-state index is 5.77. The Labute approximate surface area is 139 Å². The fourth-order valence-electron chi connectivity index (χ4n) is 1.71. The number of hydrogen-bond donors (Lipinski definition) is 2. The average molecular weight is 390 g/mol. The lowest BCUT2D eigenvalue weighted by molar-refractivity contribution is 0.791. The van der Waals surface area contributed by atoms with Crippen LogP contribution in [0.25, 0.3) is 0 Å². The summed E-state index contributed by atoms with van der Waals surface area (Å²) in [5, 5.41) is 3.14. The Morgan fingerprint density at radius 1 is 1.25 bits per heavy atom. The highest BCUT2D eigenvalue weighted by Gasteiger charge is 1.97. The standard InChI is InChI=1S/C15H26N4.HI/c1-4-5-11-17-15(16)18-12-10-13-6-8-14(9-7-13)19(2)3;/h6-9H,4-5,10-12H2,1-3H3,(H3,16,17,18);1H. The van der Waals surface area contributed by atoms with Crippen molar-refractivity contribution in [3.05, 3.63) is 29.8 Å². The maximum Gasteiger partial charge on any atom is 0.188 e. The van der Waals surface area contributed by atoms with E-state index in [1.54, 1.807) is 0 Å². The van der Waals surface area contributed by atoms with E-state index in [-0.39, 0.29) is 24.0 Å². The third-order valence-corrected chi connectivity index (χ3v) is 2.97. The Hall–Kier alpha value is -0.980. The minimum absolute atomic E-state index is 0. The number of nitrogens with one attached hydrogen (secondary N) is 1. The van der Waals surface area contributed by atoms with Crippen molar-refractivity contribution in [1.82, 2.24) is 5.32 Å². The summed E-state index contributed by atoms with van der Waals surface area (Å²) >= 11 is 0. The molecule has 1 aromatic carbocycles. The Morgan fingerprint density at radius 3 is 2.45 bits per heavy atom. The van der Waals surface area contributed by atoms with Crippen LogP contribution in [0.1, 0.15) is 25.3 Å². The van der Waals surface area contributed by atoms with Crippen LogP contribution in [0.3, 0.4) is 0 Å². The van der Waals surface area contributed by atoms with Gasteiger partial charge < -0.3 is 16.0 Å². The molecule has 0 aliphatic carbocycles. The molecule has 20 heavy (non-hydrogen) atoms. The molecule has 0 heterocycles. The predicted octanol–water partition coefficient (Wildman–Crippen LogP) is 2.62. The number of halogens is 1. The van der Waals surface area contributed by atoms with E-state index in [2.05, 4.69) is 46.4 Å². The summed E-state index contributed by atoms with van der Waals surface area (Å²) in [4.78, 5) is 6.36. The molecule has 0 aromatic heterocycles. The van der Waals surface area contributed by atoms with Crippen molar-refractivity contribution in [2.75, 3.05) is 32.1 Å². The Bertz CT molecular complexity index is 387. The molecule has 1 rings (SSSR count). The molecule has 3 N–H and O–H groups in total. The van der Waals surface area contributed by atoms with E-state index >= 15 is 0 Å². The highest BCUT2D eigenvalue weighted by molar-refractivity contribution is 14.0. The first kappa shape index (κ1) is 19.0. The first-order valence-corrected chi connectivity index (χ1v) is 6.93. The molecule has 0 bridgehead atoms. The largest absolute Gasteiger partial charge is 0.378 e. The highest BCUT2D eigenvalue weighted by atomic mass is 127. The van der Waals surface area contributed by atoms with Gasteiger partial charge in [0.05, 0.1) is 0 Å². The van der Waals surface area contributed by atoms with Crippen molar-refractivity contribution in [1.29, 1.82) is 0 Å². The summed E-state index contributed by atoms with van der Waals surface area (Å²) in [6.07, 6.45) is 3.20. The molecule has 0 spiro atoms. The summed E-state index contributed by atoms with van der Waals surface area (Å²) in [7, 11) is 4.09. The van der Waals surface area contributed by atoms with E-state index in [0.717, 1.165) is 32.4 Å². The van der Waals surface area contributed by atoms with Crippen LogP contribution >= 0.6 is 24.0 Å². The number of nitrogens with two attached hydrogens (primary N) is 1. The molecular formula is C15H27IN4. The molecule has 0 radical (unpaired) electrons. The van der Waals surface area contributed by atoms with Crippen LogP contribution in [-0.4, -0.2) is 33.1 Å². The number of nitrogens with zero attached hydrogens (tertiary/aromatic N) is 2. The van der Waals surface area contributed by atoms with Crippen LogP contribution in [-0.2, 0) is 6.42 Å². The normalized spacial score (nSPS) is 10.8. The monoisotopic (exact) mass is 390 g/mol. The SMILES string of the molecule is CCCCN=C(N)NCCc1ccc(N(C)C)cc1.I. The van der Waals surface area contributed by atoms with Crippen molar-refractivity contribution in [2.45, 2.75) is 26.2 Å². The van der Waals surface area contributed by atoms with Crippen LogP contribution in [0.15, 0.2) is 29.3 Å². The van der Waals surface area contributed by atoms with Crippen LogP contribution in [0.4, 0.5) is 5.69 Å². The van der Waals surface area contributed by atoms with E-state index in [1.807, 2.05) is 14.1 Å². The Kier molecular flexibility index (Phi) is 10.2. The van der Waals surface area contributed by atoms with Crippen LogP contribution in [0.2, 0.25) is 0 Å². The second-order valence-corrected chi connectivity index (χ2v) is 4.86. The zero-order valence-electron chi connectivity index (χ0n) is 12.7. The van der Waals surface area contributed by atoms with Gasteiger partial charge in [-0.2, -0.15) is 0 Å². The van der Waals surface area contributed by atoms with Crippen molar-refractivity contribution in [2.24, 2.45) is 10.7 Å². The predicted molar refractivity (Wildman–Crippen MR) is 99.3 cm³/mol. The smallest absolute Gasteiger partial charge is 0.188 e. The lowest BCUT2D eigenvalue weighted by Gasteiger charge is -2.12. The summed E-state index contributed by atoms with van der Waals surface area (Å²) in [5.41, 5.74) is 8.30. The quantitative estimate of drug-likeness (QED) is 0.326. The summed E-state index contributed by atoms with van der Waals surface area (Å²) in [6, 6.07) is 8.57. The fraction of sp³-hybridized carbons (Fsp3) is 0.533. The molecule has 0 fully saturated rings. The van der Waals surface area contributed by atoms with Crippen LogP contribution in [0, 0.1) is 0 Å². The molecule has 1 aromatic rings. The molecule has 0 saturated heterocycles. The topological polar surface area (TPSA) is 53.6 Å². The third kappa shape index (κ3) is 7.57. The zero-order valence-corrected chi connectivity index (χ0v) is 15.1. The number of hydrogen-bond acceptors (Lipinski definition) is 2. The van der Waals surface area contributed by atoms with Gasteiger partial charge in [0.1, 0.15) is 0 Å². The summed E-state index contributed by atoms with van der Waals surface area (Å²) < 4.78 is 0. The van der Waals surface area contributed by atoms with Crippen molar-refractivity contribution < 1.29 is 0 Å². The number of anilines is 1. The summed E-state index contributed by atoms with van der Waals surface area (Å²) in [5.74, 6) is 0.554. The number of benzene rings is 1. The lowest BCUT2D eigenvalue weighted by atomic mass is 10.1. The molecule has 114 valence electrons. The first-order chi connectivity index (χ1) is 9.13. The van der Waals surface area contributed by atoms with Gasteiger partial charge in [-0.1, -0.05) is 25.5 Å². The van der Waals surface area contributed by atoms with Gasteiger partial charge in [-0.25, -0.2) is 0 Å². The minimum atomic E-state index is 0. The van der Waals surface area contributed by atoms with E-state index in [1.165, 1.54) is 11.3 Å². The second-order valence-electron chi connectivity index (χ2n) is 4.86. The first-order valence-electron chi connectivity index (χ1n) is 6.93. The van der Waals surface area contributed by atoms with E-state index in [4.69, 9.17) is 5.73 Å². The highest BCUT2D eigenvalue weighted by Crippen LogP contribution is 2.12. The molecule has 0 saturated carbocycles. The van der Waals surface area contributed by atoms with Gasteiger partial charge in [-0.3, -0.25) is 4.99 Å². The average Bonchev–Trinajstić information content (AvgIpc) is 2.39. The lowest BCUT2D eigenvalue weighted by Crippen LogP contribution is -2.33. The number of guanidine groups is 1. The second kappa shape index (κ2) is 10.8. The van der Waals surface area contributed by atoms with Gasteiger partial charge in [0, 0.05) is 32.9 Å². The van der Waals surface area contributed by atoms with Crippen molar-refractivity contribution in [3.63, 3.8) is 0 Å². The summed E-state index contributed by atoms with van der Waals surface area (Å²) in [6.45, 7) is 3.78. The fourth-order valence-corrected chi connectivity index (χ4v) is 1.71. The molecule has 0 aliphatic heterocycles. The van der Waals surface area contributed by atoms with Gasteiger partial charge in [-0.05, 0) is 30.5 Å². The van der Waals surface area contributed by atoms with Gasteiger partial charge in [0.2, 0.25) is 0 Å². The maximum atomic E-state index is 5.77. The van der Waals surface area contributed by atoms with Crippen LogP contribution in [0.5, 0.6) is 0 Å². The minimum Gasteiger partial charge on any atom is -0.378 e. The van der Waals surface area contributed by atoms with Crippen molar-refractivity contribution >= 4 is 35.6 Å². The molecule has 0 aliphatic rings. The third-order valence-electron chi connectivity index (χ3n) is 2.97. The number of unbranched alkanes of at least 4 members (excludes halogenated alkanes) is 1. The van der Waals surface area contributed by atoms with Gasteiger partial charge in [-0.15, -0.1) is 24.0 Å². The number of rotatable bonds is 7.